The minimum Gasteiger partial charge on any atom is -0.444 e. The third-order valence-electron chi connectivity index (χ3n) is 10.8. The highest BCUT2D eigenvalue weighted by Gasteiger charge is 2.32. The monoisotopic (exact) mass is 889 g/mol. The fourth-order valence-electron chi connectivity index (χ4n) is 7.82. The van der Waals surface area contributed by atoms with Crippen LogP contribution in [0.4, 0.5) is 15.4 Å². The number of aromatic nitrogens is 6. The highest BCUT2D eigenvalue weighted by molar-refractivity contribution is 7.84. The molecule has 336 valence electrons. The zero-order valence-corrected chi connectivity index (χ0v) is 38.1. The zero-order chi connectivity index (χ0) is 45.9. The SMILES string of the molecule is CC(C)(C)OC(=O)N1CC[C@H](Cc2cc(N)n3ncc(C(=O)c4ccccc4)c3n2)C1.CS(=O)c1cc(C[C@H]2CCN(C(=O)OC(C)(C)C)C2)nc2c(C(=O)c3ccccc3)cnn12. The van der Waals surface area contributed by atoms with Crippen molar-refractivity contribution in [2.45, 2.75) is 83.5 Å². The molecule has 6 aromatic rings. The van der Waals surface area contributed by atoms with Crippen LogP contribution in [0.1, 0.15) is 97.6 Å². The number of likely N-dealkylation sites (tertiary alicyclic amines) is 2. The summed E-state index contributed by atoms with van der Waals surface area (Å²) in [5, 5.41) is 9.04. The summed E-state index contributed by atoms with van der Waals surface area (Å²) in [7, 11) is -1.32. The average Bonchev–Trinajstić information content (AvgIpc) is 4.07. The van der Waals surface area contributed by atoms with E-state index in [0.717, 1.165) is 24.2 Å². The fourth-order valence-corrected chi connectivity index (χ4v) is 8.50. The van der Waals surface area contributed by atoms with Gasteiger partial charge in [-0.25, -0.2) is 24.1 Å². The Bertz CT molecular complexity index is 2710. The Morgan fingerprint density at radius 3 is 1.53 bits per heavy atom. The number of ether oxygens (including phenoxy) is 2. The molecule has 2 N–H and O–H groups in total. The van der Waals surface area contributed by atoms with Crippen molar-refractivity contribution in [2.24, 2.45) is 11.8 Å². The van der Waals surface area contributed by atoms with Gasteiger partial charge in [0.1, 0.15) is 22.0 Å². The molecule has 2 amide bonds. The number of nitrogen functional groups attached to an aromatic ring is 1. The van der Waals surface area contributed by atoms with E-state index < -0.39 is 22.0 Å². The van der Waals surface area contributed by atoms with E-state index in [9.17, 15) is 23.4 Å². The lowest BCUT2D eigenvalue weighted by atomic mass is 10.0. The number of nitrogens with zero attached hydrogens (tertiary/aromatic N) is 8. The molecule has 2 fully saturated rings. The van der Waals surface area contributed by atoms with Crippen molar-refractivity contribution in [3.05, 3.63) is 119 Å². The predicted octanol–water partition coefficient (Wildman–Crippen LogP) is 6.84. The first kappa shape index (κ1) is 45.5. The maximum absolute atomic E-state index is 13.1. The van der Waals surface area contributed by atoms with E-state index >= 15 is 0 Å². The van der Waals surface area contributed by atoms with Gasteiger partial charge in [-0.1, -0.05) is 60.7 Å². The third kappa shape index (κ3) is 10.8. The van der Waals surface area contributed by atoms with Crippen molar-refractivity contribution in [1.29, 1.82) is 0 Å². The summed E-state index contributed by atoms with van der Waals surface area (Å²) in [6.07, 6.45) is 6.93. The lowest BCUT2D eigenvalue weighted by Crippen LogP contribution is -2.35. The summed E-state index contributed by atoms with van der Waals surface area (Å²) in [5.74, 6) is 0.547. The van der Waals surface area contributed by atoms with Crippen LogP contribution in [-0.2, 0) is 33.1 Å². The Hall–Kier alpha value is -6.49. The Kier molecular flexibility index (Phi) is 13.3. The van der Waals surface area contributed by atoms with Crippen LogP contribution < -0.4 is 5.73 Å². The topological polar surface area (TPSA) is 197 Å². The molecule has 2 aliphatic heterocycles. The van der Waals surface area contributed by atoms with Crippen molar-refractivity contribution in [3.8, 4) is 0 Å². The molecule has 0 saturated carbocycles. The summed E-state index contributed by atoms with van der Waals surface area (Å²) in [5.41, 5.74) is 9.41. The van der Waals surface area contributed by atoms with Gasteiger partial charge in [-0.15, -0.1) is 0 Å². The molecule has 6 heterocycles. The van der Waals surface area contributed by atoms with Gasteiger partial charge in [0.2, 0.25) is 0 Å². The van der Waals surface area contributed by atoms with E-state index in [1.165, 1.54) is 21.4 Å². The maximum atomic E-state index is 13.1. The Labute approximate surface area is 374 Å². The molecule has 8 rings (SSSR count). The van der Waals surface area contributed by atoms with E-state index in [1.807, 2.05) is 65.8 Å². The van der Waals surface area contributed by atoms with Gasteiger partial charge in [0.15, 0.2) is 22.9 Å². The molecule has 0 spiro atoms. The number of nitrogens with two attached hydrogens (primary N) is 1. The van der Waals surface area contributed by atoms with E-state index in [0.29, 0.717) is 83.4 Å². The van der Waals surface area contributed by atoms with Crippen molar-refractivity contribution < 1.29 is 32.9 Å². The molecule has 4 aromatic heterocycles. The molecular formula is C47H55N9O7S. The van der Waals surface area contributed by atoms with Crippen LogP contribution in [0, 0.1) is 11.8 Å². The van der Waals surface area contributed by atoms with Gasteiger partial charge in [0.05, 0.1) is 34.3 Å². The largest absolute Gasteiger partial charge is 0.444 e. The number of amides is 2. The Morgan fingerprint density at radius 2 is 1.09 bits per heavy atom. The standard InChI is InChI=1S/C24H28N4O4S.C23H27N5O3/c1-24(2,3)32-23(30)27-11-10-16(15-27)12-18-13-20(33(4)31)28-22(26-18)19(14-25-28)21(29)17-8-6-5-7-9-17;1-23(2,3)31-22(30)27-10-9-15(14-27)11-17-12-19(24)28-21(26-17)18(13-25-28)20(29)16-7-5-4-6-8-16/h5-9,13-14,16H,10-12,15H2,1-4H3;4-8,12-13,15H,9-11,14,24H2,1-3H3/t16-,33?;15-/m11/s1. The van der Waals surface area contributed by atoms with E-state index in [2.05, 4.69) is 10.2 Å². The van der Waals surface area contributed by atoms with Gasteiger partial charge >= 0.3 is 12.2 Å². The number of carbonyl (C=O) groups is 4. The molecule has 64 heavy (non-hydrogen) atoms. The number of carbonyl (C=O) groups excluding carboxylic acids is 4. The van der Waals surface area contributed by atoms with Crippen LogP contribution in [0.15, 0.2) is 90.2 Å². The molecule has 0 bridgehead atoms. The van der Waals surface area contributed by atoms with Gasteiger partial charge < -0.3 is 25.0 Å². The molecule has 2 aliphatic rings. The number of rotatable bonds is 9. The number of hydrogen-bond donors (Lipinski definition) is 1. The highest BCUT2D eigenvalue weighted by atomic mass is 32.2. The van der Waals surface area contributed by atoms with Gasteiger partial charge in [-0.3, -0.25) is 13.8 Å². The third-order valence-corrected chi connectivity index (χ3v) is 11.7. The first-order valence-electron chi connectivity index (χ1n) is 21.3. The molecule has 17 heteroatoms. The van der Waals surface area contributed by atoms with Crippen molar-refractivity contribution in [1.82, 2.24) is 39.0 Å². The zero-order valence-electron chi connectivity index (χ0n) is 37.3. The van der Waals surface area contributed by atoms with Crippen LogP contribution >= 0.6 is 0 Å². The first-order chi connectivity index (χ1) is 30.3. The highest BCUT2D eigenvalue weighted by Crippen LogP contribution is 2.27. The average molecular weight is 890 g/mol. The number of ketones is 2. The van der Waals surface area contributed by atoms with Crippen molar-refractivity contribution in [3.63, 3.8) is 0 Å². The first-order valence-corrected chi connectivity index (χ1v) is 22.9. The molecule has 1 unspecified atom stereocenters. The molecule has 2 saturated heterocycles. The van der Waals surface area contributed by atoms with Gasteiger partial charge in [0.25, 0.3) is 0 Å². The quantitative estimate of drug-likeness (QED) is 0.117. The molecule has 0 radical (unpaired) electrons. The van der Waals surface area contributed by atoms with E-state index in [1.54, 1.807) is 64.6 Å². The minimum absolute atomic E-state index is 0.142. The van der Waals surface area contributed by atoms with Gasteiger partial charge in [0, 0.05) is 61.0 Å². The Morgan fingerprint density at radius 1 is 0.672 bits per heavy atom. The summed E-state index contributed by atoms with van der Waals surface area (Å²) < 4.78 is 26.4. The fraction of sp³-hybridized carbons (Fsp3) is 0.404. The minimum atomic E-state index is -1.32. The normalized spacial score (nSPS) is 17.0. The van der Waals surface area contributed by atoms with Gasteiger partial charge in [-0.2, -0.15) is 14.7 Å². The van der Waals surface area contributed by atoms with Crippen LogP contribution in [0.25, 0.3) is 11.3 Å². The van der Waals surface area contributed by atoms with E-state index in [4.69, 9.17) is 25.2 Å². The Balaban J connectivity index is 0.000000192. The van der Waals surface area contributed by atoms with Gasteiger partial charge in [-0.05, 0) is 85.1 Å². The van der Waals surface area contributed by atoms with Crippen LogP contribution in [-0.4, -0.2) is 111 Å². The molecular weight excluding hydrogens is 835 g/mol. The molecule has 0 aliphatic carbocycles. The second kappa shape index (κ2) is 18.7. The summed E-state index contributed by atoms with van der Waals surface area (Å²) >= 11 is 0. The van der Waals surface area contributed by atoms with E-state index in [-0.39, 0.29) is 35.6 Å². The van der Waals surface area contributed by atoms with Crippen LogP contribution in [0.5, 0.6) is 0 Å². The second-order valence-electron chi connectivity index (χ2n) is 18.3. The number of benzene rings is 2. The number of fused-ring (bicyclic) bond motifs is 2. The smallest absolute Gasteiger partial charge is 0.410 e. The predicted molar refractivity (Wildman–Crippen MR) is 242 cm³/mol. The maximum Gasteiger partial charge on any atom is 0.410 e. The van der Waals surface area contributed by atoms with Crippen LogP contribution in [0.2, 0.25) is 0 Å². The molecule has 16 nitrogen and oxygen atoms in total. The summed E-state index contributed by atoms with van der Waals surface area (Å²) in [6.45, 7) is 13.6. The second-order valence-corrected chi connectivity index (χ2v) is 19.6. The lowest BCUT2D eigenvalue weighted by Gasteiger charge is -2.24. The number of hydrogen-bond acceptors (Lipinski definition) is 12. The summed E-state index contributed by atoms with van der Waals surface area (Å²) in [6, 6.07) is 21.6. The summed E-state index contributed by atoms with van der Waals surface area (Å²) in [4.78, 5) is 63.6. The van der Waals surface area contributed by atoms with Crippen molar-refractivity contribution >= 4 is 51.7 Å². The molecule has 3 atom stereocenters. The lowest BCUT2D eigenvalue weighted by molar-refractivity contribution is 0.0277. The van der Waals surface area contributed by atoms with Crippen molar-refractivity contribution in [2.75, 3.05) is 38.2 Å². The molecule has 2 aromatic carbocycles. The van der Waals surface area contributed by atoms with Crippen LogP contribution in [0.3, 0.4) is 0 Å². The number of anilines is 1.